The van der Waals surface area contributed by atoms with E-state index in [-0.39, 0.29) is 24.8 Å². The number of nitrogens with zero attached hydrogens (tertiary/aromatic N) is 2. The molecule has 3 rings (SSSR count). The summed E-state index contributed by atoms with van der Waals surface area (Å²) in [6.45, 7) is 5.29. The summed E-state index contributed by atoms with van der Waals surface area (Å²) in [5.41, 5.74) is -0.681. The number of hydrogen-bond donors (Lipinski definition) is 2. The molecule has 8 heteroatoms. The van der Waals surface area contributed by atoms with Crippen LogP contribution in [0.25, 0.3) is 0 Å². The third kappa shape index (κ3) is 5.49. The molecule has 0 aliphatic carbocycles. The van der Waals surface area contributed by atoms with Crippen molar-refractivity contribution in [2.24, 2.45) is 10.9 Å². The van der Waals surface area contributed by atoms with Gasteiger partial charge in [-0.2, -0.15) is 0 Å². The molecule has 0 radical (unpaired) electrons. The summed E-state index contributed by atoms with van der Waals surface area (Å²) in [5, 5.41) is 13.5. The summed E-state index contributed by atoms with van der Waals surface area (Å²) in [4.78, 5) is 18.5. The van der Waals surface area contributed by atoms with Gasteiger partial charge in [0.15, 0.2) is 5.11 Å². The maximum absolute atomic E-state index is 15.0. The van der Waals surface area contributed by atoms with Crippen LogP contribution in [0.4, 0.5) is 9.18 Å². The zero-order chi connectivity index (χ0) is 23.4. The molecule has 0 spiro atoms. The highest BCUT2D eigenvalue weighted by Gasteiger charge is 2.51. The first-order valence-electron chi connectivity index (χ1n) is 10.4. The van der Waals surface area contributed by atoms with Gasteiger partial charge in [0, 0.05) is 24.2 Å². The molecule has 2 atom stereocenters. The Bertz CT molecular complexity index is 993. The van der Waals surface area contributed by atoms with E-state index in [9.17, 15) is 14.3 Å². The number of ether oxygens (including phenoxy) is 1. The standard InChI is InChI=1S/C24H28FN3O3S/c1-23(2,3)31-22(30)28-14-18(15-29)24(16-28,19-11-7-8-12-20(19)25)27-21(32)26-13-17-9-5-4-6-10-17/h4-13,18,29H,14-16H2,1-3H3,(H,27,32). The van der Waals surface area contributed by atoms with Crippen LogP contribution in [0.1, 0.15) is 31.9 Å². The smallest absolute Gasteiger partial charge is 0.410 e. The molecular formula is C24H28FN3O3S. The van der Waals surface area contributed by atoms with Crippen LogP contribution in [-0.2, 0) is 10.3 Å². The second-order valence-corrected chi connectivity index (χ2v) is 9.18. The lowest BCUT2D eigenvalue weighted by Crippen LogP contribution is -2.52. The van der Waals surface area contributed by atoms with Gasteiger partial charge in [0.1, 0.15) is 11.4 Å². The summed E-state index contributed by atoms with van der Waals surface area (Å²) < 4.78 is 20.5. The van der Waals surface area contributed by atoms with Crippen LogP contribution >= 0.6 is 12.2 Å². The first kappa shape index (κ1) is 23.8. The monoisotopic (exact) mass is 457 g/mol. The van der Waals surface area contributed by atoms with E-state index in [2.05, 4.69) is 10.3 Å². The normalized spacial score (nSPS) is 21.0. The fourth-order valence-electron chi connectivity index (χ4n) is 3.83. The lowest BCUT2D eigenvalue weighted by molar-refractivity contribution is 0.0277. The van der Waals surface area contributed by atoms with E-state index in [1.807, 2.05) is 30.3 Å². The molecule has 0 bridgehead atoms. The number of aliphatic hydroxyl groups is 1. The Kier molecular flexibility index (Phi) is 7.26. The van der Waals surface area contributed by atoms with Crippen molar-refractivity contribution >= 4 is 29.6 Å². The summed E-state index contributed by atoms with van der Waals surface area (Å²) in [6.07, 6.45) is 1.08. The number of rotatable bonds is 4. The number of amides is 1. The quantitative estimate of drug-likeness (QED) is 0.539. The van der Waals surface area contributed by atoms with Gasteiger partial charge in [-0.25, -0.2) is 14.2 Å². The highest BCUT2D eigenvalue weighted by Crippen LogP contribution is 2.39. The fraction of sp³-hybridized carbons (Fsp3) is 0.375. The highest BCUT2D eigenvalue weighted by molar-refractivity contribution is 7.80. The van der Waals surface area contributed by atoms with Gasteiger partial charge in [-0.15, -0.1) is 0 Å². The predicted molar refractivity (Wildman–Crippen MR) is 126 cm³/mol. The van der Waals surface area contributed by atoms with Crippen LogP contribution in [0.3, 0.4) is 0 Å². The number of aliphatic imine (C=N–C) groups is 1. The average molecular weight is 458 g/mol. The molecule has 1 aliphatic rings. The van der Waals surface area contributed by atoms with Gasteiger partial charge in [0.25, 0.3) is 0 Å². The molecular weight excluding hydrogens is 429 g/mol. The third-order valence-corrected chi connectivity index (χ3v) is 5.47. The number of hydrogen-bond acceptors (Lipinski definition) is 4. The van der Waals surface area contributed by atoms with Gasteiger partial charge < -0.3 is 20.1 Å². The largest absolute Gasteiger partial charge is 0.444 e. The van der Waals surface area contributed by atoms with Crippen molar-refractivity contribution in [1.82, 2.24) is 10.2 Å². The molecule has 0 aromatic heterocycles. The van der Waals surface area contributed by atoms with Crippen molar-refractivity contribution in [3.63, 3.8) is 0 Å². The molecule has 32 heavy (non-hydrogen) atoms. The van der Waals surface area contributed by atoms with Crippen molar-refractivity contribution in [3.05, 3.63) is 71.5 Å². The summed E-state index contributed by atoms with van der Waals surface area (Å²) in [5.74, 6) is -0.990. The van der Waals surface area contributed by atoms with E-state index < -0.39 is 29.0 Å². The molecule has 2 unspecified atom stereocenters. The van der Waals surface area contributed by atoms with Crippen LogP contribution in [0.15, 0.2) is 59.6 Å². The minimum absolute atomic E-state index is 0.0646. The number of nitrogens with one attached hydrogen (secondary N) is 1. The molecule has 2 N–H and O–H groups in total. The van der Waals surface area contributed by atoms with Gasteiger partial charge in [0.2, 0.25) is 0 Å². The Morgan fingerprint density at radius 2 is 1.94 bits per heavy atom. The fourth-order valence-corrected chi connectivity index (χ4v) is 4.06. The van der Waals surface area contributed by atoms with Crippen LogP contribution < -0.4 is 5.32 Å². The van der Waals surface area contributed by atoms with Crippen LogP contribution in [0.5, 0.6) is 0 Å². The minimum atomic E-state index is -1.16. The number of aliphatic hydroxyl groups excluding tert-OH is 1. The molecule has 6 nitrogen and oxygen atoms in total. The summed E-state index contributed by atoms with van der Waals surface area (Å²) in [6, 6.07) is 15.7. The molecule has 1 amide bonds. The Morgan fingerprint density at radius 3 is 2.56 bits per heavy atom. The molecule has 1 aliphatic heterocycles. The number of likely N-dealkylation sites (tertiary alicyclic amines) is 1. The molecule has 2 aromatic rings. The summed E-state index contributed by atoms with van der Waals surface area (Å²) in [7, 11) is 0. The van der Waals surface area contributed by atoms with Gasteiger partial charge >= 0.3 is 6.09 Å². The first-order chi connectivity index (χ1) is 15.1. The van der Waals surface area contributed by atoms with Crippen molar-refractivity contribution in [2.45, 2.75) is 31.9 Å². The van der Waals surface area contributed by atoms with Crippen molar-refractivity contribution in [1.29, 1.82) is 0 Å². The SMILES string of the molecule is CC(C)(C)OC(=O)N1CC(CO)C(NC(=S)N=Cc2ccccc2)(c2ccccc2F)C1. The molecule has 170 valence electrons. The first-order valence-corrected chi connectivity index (χ1v) is 10.8. The molecule has 2 aromatic carbocycles. The van der Waals surface area contributed by atoms with Crippen LogP contribution in [0.2, 0.25) is 0 Å². The predicted octanol–water partition coefficient (Wildman–Crippen LogP) is 3.87. The maximum atomic E-state index is 15.0. The Hall–Kier alpha value is -2.84. The van der Waals surface area contributed by atoms with Crippen molar-refractivity contribution < 1.29 is 19.0 Å². The van der Waals surface area contributed by atoms with Gasteiger partial charge in [-0.1, -0.05) is 48.5 Å². The van der Waals surface area contributed by atoms with E-state index >= 15 is 0 Å². The Morgan fingerprint density at radius 1 is 1.28 bits per heavy atom. The zero-order valence-corrected chi connectivity index (χ0v) is 19.2. The Balaban J connectivity index is 1.94. The molecule has 0 saturated carbocycles. The Labute approximate surface area is 193 Å². The van der Waals surface area contributed by atoms with E-state index in [0.717, 1.165) is 5.56 Å². The minimum Gasteiger partial charge on any atom is -0.444 e. The van der Waals surface area contributed by atoms with E-state index in [1.54, 1.807) is 45.2 Å². The number of thiocarbonyl (C=S) groups is 1. The van der Waals surface area contributed by atoms with Crippen molar-refractivity contribution in [2.75, 3.05) is 19.7 Å². The topological polar surface area (TPSA) is 74.2 Å². The number of halogens is 1. The number of carbonyl (C=O) groups is 1. The maximum Gasteiger partial charge on any atom is 0.410 e. The number of benzene rings is 2. The van der Waals surface area contributed by atoms with E-state index in [0.29, 0.717) is 5.56 Å². The van der Waals surface area contributed by atoms with Crippen LogP contribution in [0, 0.1) is 11.7 Å². The second-order valence-electron chi connectivity index (χ2n) is 8.79. The number of carbonyl (C=O) groups excluding carboxylic acids is 1. The average Bonchev–Trinajstić information content (AvgIpc) is 3.11. The van der Waals surface area contributed by atoms with Crippen molar-refractivity contribution in [3.8, 4) is 0 Å². The van der Waals surface area contributed by atoms with Gasteiger partial charge in [-0.3, -0.25) is 0 Å². The lowest BCUT2D eigenvalue weighted by atomic mass is 9.80. The van der Waals surface area contributed by atoms with Crippen LogP contribution in [-0.4, -0.2) is 52.7 Å². The second kappa shape index (κ2) is 9.75. The van der Waals surface area contributed by atoms with E-state index in [4.69, 9.17) is 17.0 Å². The summed E-state index contributed by atoms with van der Waals surface area (Å²) >= 11 is 5.45. The van der Waals surface area contributed by atoms with Gasteiger partial charge in [0.05, 0.1) is 18.7 Å². The zero-order valence-electron chi connectivity index (χ0n) is 18.4. The molecule has 1 heterocycles. The third-order valence-electron chi connectivity index (χ3n) is 5.26. The van der Waals surface area contributed by atoms with Gasteiger partial charge in [-0.05, 0) is 44.6 Å². The highest BCUT2D eigenvalue weighted by atomic mass is 32.1. The lowest BCUT2D eigenvalue weighted by Gasteiger charge is -2.36. The molecule has 1 saturated heterocycles. The van der Waals surface area contributed by atoms with E-state index in [1.165, 1.54) is 11.0 Å². The molecule has 1 fully saturated rings.